The van der Waals surface area contributed by atoms with Gasteiger partial charge in [0.15, 0.2) is 0 Å². The van der Waals surface area contributed by atoms with E-state index in [1.165, 1.54) is 12.8 Å². The molecule has 3 unspecified atom stereocenters. The molecule has 4 aliphatic rings. The number of carbonyl (C=O) groups is 1. The molecule has 1 aromatic carbocycles. The van der Waals surface area contributed by atoms with Crippen molar-refractivity contribution in [2.75, 3.05) is 0 Å². The van der Waals surface area contributed by atoms with Crippen molar-refractivity contribution in [2.24, 2.45) is 29.4 Å². The van der Waals surface area contributed by atoms with E-state index in [-0.39, 0.29) is 6.10 Å². The minimum absolute atomic E-state index is 0.0501. The number of ether oxygens (including phenoxy) is 2. The Hall–Kier alpha value is -2.30. The molecule has 2 aromatic rings. The number of fused-ring (bicyclic) bond motifs is 1. The van der Waals surface area contributed by atoms with Crippen molar-refractivity contribution in [2.45, 2.75) is 38.9 Å². The van der Waals surface area contributed by atoms with Crippen LogP contribution in [0.1, 0.15) is 37.0 Å². The Morgan fingerprint density at radius 1 is 1.24 bits per heavy atom. The predicted octanol–water partition coefficient (Wildman–Crippen LogP) is 3.15. The molecular formula is C20H22N2O3. The van der Waals surface area contributed by atoms with Gasteiger partial charge < -0.3 is 15.2 Å². The number of rotatable bonds is 5. The average molecular weight is 338 g/mol. The third-order valence-electron chi connectivity index (χ3n) is 6.09. The number of hydrogen-bond acceptors (Lipinski definition) is 4. The molecule has 0 saturated heterocycles. The molecule has 0 aliphatic heterocycles. The number of nitrogens with two attached hydrogens (primary N) is 1. The Morgan fingerprint density at radius 2 is 2.00 bits per heavy atom. The maximum atomic E-state index is 11.8. The van der Waals surface area contributed by atoms with Gasteiger partial charge >= 0.3 is 0 Å². The van der Waals surface area contributed by atoms with E-state index in [2.05, 4.69) is 4.98 Å². The summed E-state index contributed by atoms with van der Waals surface area (Å²) in [6.45, 7) is 3.85. The molecule has 1 aromatic heterocycles. The van der Waals surface area contributed by atoms with Crippen molar-refractivity contribution in [3.05, 3.63) is 30.0 Å². The van der Waals surface area contributed by atoms with Crippen molar-refractivity contribution in [1.82, 2.24) is 4.98 Å². The standard InChI is InChI=1S/C20H22N2O3/c1-9(2)24-17-8-13-15(7-14(17)20(21)23)22-4-3-16(13)25-19-10-5-11-12(6-10)18(11)19/h3-4,7-12,18-19H,5-6H2,1-2H3,(H2,21,23). The van der Waals surface area contributed by atoms with Gasteiger partial charge in [-0.1, -0.05) is 0 Å². The summed E-state index contributed by atoms with van der Waals surface area (Å²) < 4.78 is 12.3. The van der Waals surface area contributed by atoms with Gasteiger partial charge in [0.2, 0.25) is 0 Å². The van der Waals surface area contributed by atoms with Crippen LogP contribution in [0.4, 0.5) is 0 Å². The lowest BCUT2D eigenvalue weighted by atomic mass is 10.1. The van der Waals surface area contributed by atoms with Crippen LogP contribution in [-0.2, 0) is 0 Å². The fourth-order valence-corrected chi connectivity index (χ4v) is 5.12. The molecule has 0 spiro atoms. The van der Waals surface area contributed by atoms with Gasteiger partial charge in [-0.2, -0.15) is 0 Å². The first-order chi connectivity index (χ1) is 12.0. The zero-order chi connectivity index (χ0) is 17.3. The van der Waals surface area contributed by atoms with Gasteiger partial charge in [-0.15, -0.1) is 0 Å². The molecule has 5 nitrogen and oxygen atoms in total. The van der Waals surface area contributed by atoms with Crippen molar-refractivity contribution >= 4 is 16.8 Å². The number of hydrogen-bond donors (Lipinski definition) is 1. The Bertz CT molecular complexity index is 865. The zero-order valence-electron chi connectivity index (χ0n) is 14.4. The Kier molecular flexibility index (Phi) is 3.06. The van der Waals surface area contributed by atoms with Crippen LogP contribution in [0.15, 0.2) is 24.4 Å². The maximum Gasteiger partial charge on any atom is 0.252 e. The Morgan fingerprint density at radius 3 is 2.60 bits per heavy atom. The summed E-state index contributed by atoms with van der Waals surface area (Å²) >= 11 is 0. The van der Waals surface area contributed by atoms with Gasteiger partial charge in [0.25, 0.3) is 5.91 Å². The Balaban J connectivity index is 1.56. The van der Waals surface area contributed by atoms with Crippen molar-refractivity contribution in [1.29, 1.82) is 0 Å². The lowest BCUT2D eigenvalue weighted by Gasteiger charge is -2.20. The molecule has 5 heteroatoms. The van der Waals surface area contributed by atoms with Gasteiger partial charge in [-0.05, 0) is 62.6 Å². The van der Waals surface area contributed by atoms with Crippen molar-refractivity contribution < 1.29 is 14.3 Å². The molecular weight excluding hydrogens is 316 g/mol. The fraction of sp³-hybridized carbons (Fsp3) is 0.500. The molecule has 4 fully saturated rings. The minimum Gasteiger partial charge on any atom is -0.490 e. The van der Waals surface area contributed by atoms with Crippen molar-refractivity contribution in [3.63, 3.8) is 0 Å². The number of pyridine rings is 1. The second-order valence-corrected chi connectivity index (χ2v) is 7.92. The summed E-state index contributed by atoms with van der Waals surface area (Å²) in [5.41, 5.74) is 6.59. The summed E-state index contributed by atoms with van der Waals surface area (Å²) in [5.74, 6) is 4.09. The fourth-order valence-electron chi connectivity index (χ4n) is 5.12. The number of amides is 1. The molecule has 4 aliphatic carbocycles. The zero-order valence-corrected chi connectivity index (χ0v) is 14.4. The van der Waals surface area contributed by atoms with Crippen LogP contribution >= 0.6 is 0 Å². The van der Waals surface area contributed by atoms with Gasteiger partial charge in [-0.25, -0.2) is 0 Å². The van der Waals surface area contributed by atoms with E-state index in [4.69, 9.17) is 15.2 Å². The van der Waals surface area contributed by atoms with Crippen LogP contribution in [0.3, 0.4) is 0 Å². The largest absolute Gasteiger partial charge is 0.490 e. The first-order valence-electron chi connectivity index (χ1n) is 9.09. The van der Waals surface area contributed by atoms with Gasteiger partial charge in [0, 0.05) is 17.5 Å². The second kappa shape index (κ2) is 5.10. The molecule has 0 radical (unpaired) electrons. The van der Waals surface area contributed by atoms with E-state index < -0.39 is 5.91 Å². The predicted molar refractivity (Wildman–Crippen MR) is 93.6 cm³/mol. The molecule has 4 bridgehead atoms. The minimum atomic E-state index is -0.511. The van der Waals surface area contributed by atoms with E-state index in [1.54, 1.807) is 12.3 Å². The van der Waals surface area contributed by atoms with E-state index >= 15 is 0 Å². The van der Waals surface area contributed by atoms with Gasteiger partial charge in [-0.3, -0.25) is 9.78 Å². The number of carbonyl (C=O) groups excluding carboxylic acids is 1. The summed E-state index contributed by atoms with van der Waals surface area (Å²) in [4.78, 5) is 16.2. The summed E-state index contributed by atoms with van der Waals surface area (Å²) in [5, 5.41) is 0.879. The highest BCUT2D eigenvalue weighted by molar-refractivity contribution is 6.01. The van der Waals surface area contributed by atoms with Crippen LogP contribution < -0.4 is 15.2 Å². The highest BCUT2D eigenvalue weighted by Crippen LogP contribution is 2.71. The monoisotopic (exact) mass is 338 g/mol. The van der Waals surface area contributed by atoms with Crippen LogP contribution in [0.25, 0.3) is 10.9 Å². The first kappa shape index (κ1) is 15.0. The van der Waals surface area contributed by atoms with Crippen LogP contribution in [0.5, 0.6) is 11.5 Å². The van der Waals surface area contributed by atoms with Gasteiger partial charge in [0.1, 0.15) is 17.6 Å². The Labute approximate surface area is 146 Å². The lowest BCUT2D eigenvalue weighted by molar-refractivity contribution is 0.0994. The molecule has 4 saturated carbocycles. The molecule has 130 valence electrons. The first-order valence-corrected chi connectivity index (χ1v) is 9.09. The highest BCUT2D eigenvalue weighted by atomic mass is 16.5. The van der Waals surface area contributed by atoms with Gasteiger partial charge in [0.05, 0.1) is 17.2 Å². The molecule has 25 heavy (non-hydrogen) atoms. The van der Waals surface area contributed by atoms with E-state index in [0.717, 1.165) is 28.9 Å². The molecule has 2 N–H and O–H groups in total. The lowest BCUT2D eigenvalue weighted by Crippen LogP contribution is -2.20. The third kappa shape index (κ3) is 2.21. The van der Waals surface area contributed by atoms with Crippen LogP contribution in [0, 0.1) is 23.7 Å². The number of primary amides is 1. The normalized spacial score (nSPS) is 31.6. The van der Waals surface area contributed by atoms with E-state index in [0.29, 0.717) is 28.9 Å². The number of benzene rings is 1. The second-order valence-electron chi connectivity index (χ2n) is 7.92. The average Bonchev–Trinajstić information content (AvgIpc) is 2.91. The highest BCUT2D eigenvalue weighted by Gasteiger charge is 2.69. The third-order valence-corrected chi connectivity index (χ3v) is 6.09. The number of aromatic nitrogens is 1. The molecule has 1 heterocycles. The van der Waals surface area contributed by atoms with Crippen molar-refractivity contribution in [3.8, 4) is 11.5 Å². The molecule has 1 amide bonds. The van der Waals surface area contributed by atoms with Crippen LogP contribution in [-0.4, -0.2) is 23.1 Å². The quantitative estimate of drug-likeness (QED) is 0.909. The SMILES string of the molecule is CC(C)Oc1cc2c(OC3C4CC5C(C4)C53)ccnc2cc1C(N)=O. The number of nitrogens with zero attached hydrogens (tertiary/aromatic N) is 1. The molecule has 6 rings (SSSR count). The summed E-state index contributed by atoms with van der Waals surface area (Å²) in [6, 6.07) is 5.47. The maximum absolute atomic E-state index is 11.8. The summed E-state index contributed by atoms with van der Waals surface area (Å²) in [6.07, 6.45) is 4.68. The van der Waals surface area contributed by atoms with Crippen LogP contribution in [0.2, 0.25) is 0 Å². The molecule has 3 atom stereocenters. The summed E-state index contributed by atoms with van der Waals surface area (Å²) in [7, 11) is 0. The van der Waals surface area contributed by atoms with E-state index in [9.17, 15) is 4.79 Å². The topological polar surface area (TPSA) is 74.4 Å². The smallest absolute Gasteiger partial charge is 0.252 e. The van der Waals surface area contributed by atoms with E-state index in [1.807, 2.05) is 26.0 Å².